The van der Waals surface area contributed by atoms with Crippen molar-refractivity contribution in [3.63, 3.8) is 0 Å². The first-order chi connectivity index (χ1) is 15.6. The van der Waals surface area contributed by atoms with Crippen LogP contribution >= 0.6 is 0 Å². The second-order valence-electron chi connectivity index (χ2n) is 7.90. The van der Waals surface area contributed by atoms with E-state index in [9.17, 15) is 22.0 Å². The highest BCUT2D eigenvalue weighted by molar-refractivity contribution is 7.89. The summed E-state index contributed by atoms with van der Waals surface area (Å²) in [5.41, 5.74) is 2.47. The Morgan fingerprint density at radius 2 is 1.76 bits per heavy atom. The van der Waals surface area contributed by atoms with Crippen molar-refractivity contribution in [1.29, 1.82) is 0 Å². The van der Waals surface area contributed by atoms with Gasteiger partial charge in [0.25, 0.3) is 0 Å². The molecule has 0 N–H and O–H groups in total. The molecule has 1 aliphatic heterocycles. The maximum atomic E-state index is 12.9. The fraction of sp³-hybridized carbons (Fsp3) is 0.435. The third kappa shape index (κ3) is 6.00. The number of carbonyl (C=O) groups is 1. The van der Waals surface area contributed by atoms with Crippen LogP contribution in [-0.4, -0.2) is 45.5 Å². The van der Waals surface area contributed by atoms with Gasteiger partial charge in [0, 0.05) is 13.1 Å². The highest BCUT2D eigenvalue weighted by Crippen LogP contribution is 2.30. The zero-order chi connectivity index (χ0) is 24.2. The molecule has 3 rings (SSSR count). The highest BCUT2D eigenvalue weighted by atomic mass is 32.2. The van der Waals surface area contributed by atoms with Gasteiger partial charge in [-0.2, -0.15) is 13.1 Å². The quantitative estimate of drug-likeness (QED) is 0.527. The molecular weight excluding hydrogens is 456 g/mol. The number of aryl methyl sites for hydroxylation is 2. The summed E-state index contributed by atoms with van der Waals surface area (Å²) in [6, 6.07) is 9.34. The second-order valence-corrected chi connectivity index (χ2v) is 9.83. The van der Waals surface area contributed by atoms with Crippen molar-refractivity contribution in [2.45, 2.75) is 44.8 Å². The van der Waals surface area contributed by atoms with Crippen LogP contribution in [0, 0.1) is 19.8 Å². The largest absolute Gasteiger partial charge is 0.493 e. The Bertz CT molecular complexity index is 1100. The van der Waals surface area contributed by atoms with Gasteiger partial charge in [0.15, 0.2) is 11.5 Å². The lowest BCUT2D eigenvalue weighted by molar-refractivity contribution is -0.151. The topological polar surface area (TPSA) is 82.1 Å². The molecule has 7 nitrogen and oxygen atoms in total. The molecular formula is C23H27F2NO6S. The normalized spacial score (nSPS) is 15.5. The molecule has 10 heteroatoms. The summed E-state index contributed by atoms with van der Waals surface area (Å²) >= 11 is 0. The minimum atomic E-state index is -3.62. The predicted octanol–water partition coefficient (Wildman–Crippen LogP) is 4.06. The molecule has 0 radical (unpaired) electrons. The zero-order valence-corrected chi connectivity index (χ0v) is 19.5. The molecule has 0 aromatic heterocycles. The van der Waals surface area contributed by atoms with Gasteiger partial charge >= 0.3 is 12.6 Å². The Morgan fingerprint density at radius 1 is 1.06 bits per heavy atom. The maximum absolute atomic E-state index is 12.9. The Labute approximate surface area is 192 Å². The molecule has 0 saturated carbocycles. The minimum absolute atomic E-state index is 0.0642. The van der Waals surface area contributed by atoms with Crippen LogP contribution in [-0.2, 0) is 26.2 Å². The van der Waals surface area contributed by atoms with E-state index in [1.807, 2.05) is 13.8 Å². The standard InChI is InChI=1S/C23H27F2NO6S/c1-15-4-6-19(12-16(15)2)33(28,29)26-10-8-18(9-11-26)22(27)31-14-17-5-7-20(32-23(24)25)21(13-17)30-3/h4-7,12-13,18,23H,8-11,14H2,1-3H3. The Hall–Kier alpha value is -2.72. The molecule has 0 unspecified atom stereocenters. The minimum Gasteiger partial charge on any atom is -0.493 e. The number of sulfonamides is 1. The van der Waals surface area contributed by atoms with E-state index >= 15 is 0 Å². The van der Waals surface area contributed by atoms with Crippen LogP contribution in [0.25, 0.3) is 0 Å². The van der Waals surface area contributed by atoms with Crippen molar-refractivity contribution >= 4 is 16.0 Å². The van der Waals surface area contributed by atoms with Gasteiger partial charge in [-0.05, 0) is 67.6 Å². The maximum Gasteiger partial charge on any atom is 0.387 e. The van der Waals surface area contributed by atoms with Crippen molar-refractivity contribution in [3.05, 3.63) is 53.1 Å². The lowest BCUT2D eigenvalue weighted by atomic mass is 9.98. The second kappa shape index (κ2) is 10.5. The molecule has 0 bridgehead atoms. The molecule has 1 saturated heterocycles. The van der Waals surface area contributed by atoms with Gasteiger partial charge in [0.1, 0.15) is 6.61 Å². The number of carbonyl (C=O) groups excluding carboxylic acids is 1. The van der Waals surface area contributed by atoms with Gasteiger partial charge in [0.2, 0.25) is 10.0 Å². The third-order valence-electron chi connectivity index (χ3n) is 5.73. The number of esters is 1. The molecule has 1 fully saturated rings. The number of hydrogen-bond acceptors (Lipinski definition) is 6. The fourth-order valence-electron chi connectivity index (χ4n) is 3.62. The van der Waals surface area contributed by atoms with Crippen LogP contribution in [0.1, 0.15) is 29.5 Å². The van der Waals surface area contributed by atoms with Gasteiger partial charge in [-0.1, -0.05) is 12.1 Å². The Balaban J connectivity index is 1.56. The van der Waals surface area contributed by atoms with E-state index in [4.69, 9.17) is 9.47 Å². The number of methoxy groups -OCH3 is 1. The zero-order valence-electron chi connectivity index (χ0n) is 18.7. The first kappa shape index (κ1) is 24.9. The van der Waals surface area contributed by atoms with Crippen molar-refractivity contribution < 1.29 is 36.2 Å². The number of hydrogen-bond donors (Lipinski definition) is 0. The van der Waals surface area contributed by atoms with Gasteiger partial charge < -0.3 is 14.2 Å². The summed E-state index contributed by atoms with van der Waals surface area (Å²) in [6.07, 6.45) is 0.709. The van der Waals surface area contributed by atoms with Crippen LogP contribution in [0.4, 0.5) is 8.78 Å². The summed E-state index contributed by atoms with van der Waals surface area (Å²) in [5, 5.41) is 0. The lowest BCUT2D eigenvalue weighted by Crippen LogP contribution is -2.40. The van der Waals surface area contributed by atoms with Gasteiger partial charge in [-0.15, -0.1) is 0 Å². The number of piperidine rings is 1. The van der Waals surface area contributed by atoms with Crippen molar-refractivity contribution in [2.75, 3.05) is 20.2 Å². The molecule has 33 heavy (non-hydrogen) atoms. The van der Waals surface area contributed by atoms with Crippen LogP contribution in [0.5, 0.6) is 11.5 Å². The average Bonchev–Trinajstić information content (AvgIpc) is 2.79. The Kier molecular flexibility index (Phi) is 7.91. The van der Waals surface area contributed by atoms with E-state index in [1.54, 1.807) is 18.2 Å². The molecule has 0 aliphatic carbocycles. The number of rotatable bonds is 8. The predicted molar refractivity (Wildman–Crippen MR) is 117 cm³/mol. The number of alkyl halides is 2. The number of halogens is 2. The number of ether oxygens (including phenoxy) is 3. The monoisotopic (exact) mass is 483 g/mol. The molecule has 1 aliphatic rings. The van der Waals surface area contributed by atoms with Crippen molar-refractivity contribution in [2.24, 2.45) is 5.92 Å². The van der Waals surface area contributed by atoms with E-state index in [2.05, 4.69) is 4.74 Å². The molecule has 1 heterocycles. The summed E-state index contributed by atoms with van der Waals surface area (Å²) in [4.78, 5) is 12.8. The summed E-state index contributed by atoms with van der Waals surface area (Å²) in [7, 11) is -2.30. The summed E-state index contributed by atoms with van der Waals surface area (Å²) in [5.74, 6) is -0.849. The van der Waals surface area contributed by atoms with Gasteiger partial charge in [0.05, 0.1) is 17.9 Å². The average molecular weight is 484 g/mol. The smallest absolute Gasteiger partial charge is 0.387 e. The van der Waals surface area contributed by atoms with E-state index in [-0.39, 0.29) is 36.1 Å². The van der Waals surface area contributed by atoms with Crippen molar-refractivity contribution in [3.8, 4) is 11.5 Å². The van der Waals surface area contributed by atoms with E-state index < -0.39 is 28.5 Å². The number of nitrogens with zero attached hydrogens (tertiary/aromatic N) is 1. The van der Waals surface area contributed by atoms with Gasteiger partial charge in [-0.25, -0.2) is 8.42 Å². The van der Waals surface area contributed by atoms with E-state index in [1.165, 1.54) is 29.6 Å². The highest BCUT2D eigenvalue weighted by Gasteiger charge is 2.33. The van der Waals surface area contributed by atoms with Gasteiger partial charge in [-0.3, -0.25) is 4.79 Å². The van der Waals surface area contributed by atoms with Crippen LogP contribution < -0.4 is 9.47 Å². The molecule has 0 atom stereocenters. The van der Waals surface area contributed by atoms with Crippen LogP contribution in [0.2, 0.25) is 0 Å². The van der Waals surface area contributed by atoms with Crippen LogP contribution in [0.15, 0.2) is 41.3 Å². The van der Waals surface area contributed by atoms with Crippen molar-refractivity contribution in [1.82, 2.24) is 4.31 Å². The summed E-state index contributed by atoms with van der Waals surface area (Å²) < 4.78 is 66.9. The molecule has 2 aromatic rings. The first-order valence-corrected chi connectivity index (χ1v) is 11.9. The molecule has 0 spiro atoms. The third-order valence-corrected chi connectivity index (χ3v) is 7.62. The van der Waals surface area contributed by atoms with Crippen LogP contribution in [0.3, 0.4) is 0 Å². The Morgan fingerprint density at radius 3 is 2.36 bits per heavy atom. The SMILES string of the molecule is COc1cc(COC(=O)C2CCN(S(=O)(=O)c3ccc(C)c(C)c3)CC2)ccc1OC(F)F. The molecule has 180 valence electrons. The fourth-order valence-corrected chi connectivity index (χ4v) is 5.18. The summed E-state index contributed by atoms with van der Waals surface area (Å²) in [6.45, 7) is 1.19. The van der Waals surface area contributed by atoms with E-state index in [0.29, 0.717) is 18.4 Å². The number of benzene rings is 2. The first-order valence-electron chi connectivity index (χ1n) is 10.5. The molecule has 2 aromatic carbocycles. The lowest BCUT2D eigenvalue weighted by Gasteiger charge is -2.30. The molecule has 0 amide bonds. The van der Waals surface area contributed by atoms with E-state index in [0.717, 1.165) is 11.1 Å².